The molecule has 1 atom stereocenters. The van der Waals surface area contributed by atoms with Crippen LogP contribution in [0, 0.1) is 0 Å². The van der Waals surface area contributed by atoms with E-state index in [0.29, 0.717) is 5.82 Å². The number of hydrogen-bond acceptors (Lipinski definition) is 5. The third kappa shape index (κ3) is 1.59. The van der Waals surface area contributed by atoms with Gasteiger partial charge in [0.2, 0.25) is 12.3 Å². The van der Waals surface area contributed by atoms with E-state index >= 15 is 0 Å². The fraction of sp³-hybridized carbons (Fsp3) is 0.375. The van der Waals surface area contributed by atoms with Crippen molar-refractivity contribution in [2.45, 2.75) is 13.0 Å². The zero-order valence-electron chi connectivity index (χ0n) is 8.01. The van der Waals surface area contributed by atoms with Gasteiger partial charge in [0, 0.05) is 19.4 Å². The maximum absolute atomic E-state index is 4.66. The molecule has 0 radical (unpaired) electrons. The molecular formula is C8H11N5O. The molecular weight excluding hydrogens is 182 g/mol. The average Bonchev–Trinajstić information content (AvgIpc) is 2.77. The highest BCUT2D eigenvalue weighted by atomic mass is 16.5. The van der Waals surface area contributed by atoms with Gasteiger partial charge < -0.3 is 14.4 Å². The lowest BCUT2D eigenvalue weighted by atomic mass is 10.3. The van der Waals surface area contributed by atoms with E-state index < -0.39 is 0 Å². The van der Waals surface area contributed by atoms with E-state index in [9.17, 15) is 0 Å². The molecule has 0 aromatic carbocycles. The van der Waals surface area contributed by atoms with Gasteiger partial charge in [-0.1, -0.05) is 5.16 Å². The molecule has 1 N–H and O–H groups in total. The first-order valence-electron chi connectivity index (χ1n) is 4.27. The molecule has 2 rings (SSSR count). The fourth-order valence-corrected chi connectivity index (χ4v) is 1.13. The molecule has 14 heavy (non-hydrogen) atoms. The van der Waals surface area contributed by atoms with Crippen LogP contribution in [-0.2, 0) is 7.05 Å². The number of imidazole rings is 1. The number of rotatable bonds is 3. The summed E-state index contributed by atoms with van der Waals surface area (Å²) in [5.41, 5.74) is 0. The SMILES string of the molecule is CC(Nc1nccn1C)c1ncon1. The predicted octanol–water partition coefficient (Wildman–Crippen LogP) is 0.976. The molecule has 6 heteroatoms. The molecule has 0 fully saturated rings. The molecule has 0 saturated carbocycles. The Morgan fingerprint density at radius 1 is 1.50 bits per heavy atom. The summed E-state index contributed by atoms with van der Waals surface area (Å²) in [6.07, 6.45) is 4.91. The number of nitrogens with one attached hydrogen (secondary N) is 1. The summed E-state index contributed by atoms with van der Waals surface area (Å²) in [6, 6.07) is -0.0187. The van der Waals surface area contributed by atoms with Crippen molar-refractivity contribution in [3.05, 3.63) is 24.6 Å². The van der Waals surface area contributed by atoms with Gasteiger partial charge in [0.1, 0.15) is 0 Å². The van der Waals surface area contributed by atoms with Gasteiger partial charge in [-0.25, -0.2) is 4.98 Å². The Kier molecular flexibility index (Phi) is 2.18. The number of hydrogen-bond donors (Lipinski definition) is 1. The Morgan fingerprint density at radius 2 is 2.36 bits per heavy atom. The van der Waals surface area contributed by atoms with Crippen LogP contribution in [0.3, 0.4) is 0 Å². The highest BCUT2D eigenvalue weighted by Gasteiger charge is 2.11. The molecule has 2 aromatic heterocycles. The van der Waals surface area contributed by atoms with E-state index in [-0.39, 0.29) is 6.04 Å². The molecule has 0 saturated heterocycles. The van der Waals surface area contributed by atoms with Crippen LogP contribution in [0.2, 0.25) is 0 Å². The van der Waals surface area contributed by atoms with Crippen molar-refractivity contribution in [1.82, 2.24) is 19.7 Å². The highest BCUT2D eigenvalue weighted by molar-refractivity contribution is 5.27. The molecule has 0 bridgehead atoms. The molecule has 1 unspecified atom stereocenters. The first kappa shape index (κ1) is 8.74. The molecule has 6 nitrogen and oxygen atoms in total. The predicted molar refractivity (Wildman–Crippen MR) is 49.5 cm³/mol. The lowest BCUT2D eigenvalue weighted by Crippen LogP contribution is -2.11. The summed E-state index contributed by atoms with van der Waals surface area (Å²) in [5.74, 6) is 1.40. The molecule has 0 aliphatic rings. The molecule has 0 spiro atoms. The van der Waals surface area contributed by atoms with Crippen molar-refractivity contribution in [2.75, 3.05) is 5.32 Å². The summed E-state index contributed by atoms with van der Waals surface area (Å²) in [4.78, 5) is 8.08. The van der Waals surface area contributed by atoms with Crippen LogP contribution in [0.15, 0.2) is 23.3 Å². The Bertz CT molecular complexity index is 394. The molecule has 0 amide bonds. The Hall–Kier alpha value is -1.85. The van der Waals surface area contributed by atoms with Crippen LogP contribution in [0.5, 0.6) is 0 Å². The van der Waals surface area contributed by atoms with Crippen molar-refractivity contribution in [3.8, 4) is 0 Å². The second-order valence-corrected chi connectivity index (χ2v) is 3.02. The van der Waals surface area contributed by atoms with Crippen LogP contribution < -0.4 is 5.32 Å². The van der Waals surface area contributed by atoms with Gasteiger partial charge in [0.05, 0.1) is 6.04 Å². The molecule has 2 aromatic rings. The molecule has 74 valence electrons. The summed E-state index contributed by atoms with van der Waals surface area (Å²) in [5, 5.41) is 6.90. The van der Waals surface area contributed by atoms with Crippen molar-refractivity contribution >= 4 is 5.95 Å². The maximum Gasteiger partial charge on any atom is 0.213 e. The van der Waals surface area contributed by atoms with Gasteiger partial charge in [0.15, 0.2) is 5.82 Å². The Morgan fingerprint density at radius 3 is 2.93 bits per heavy atom. The topological polar surface area (TPSA) is 68.8 Å². The second-order valence-electron chi connectivity index (χ2n) is 3.02. The van der Waals surface area contributed by atoms with Gasteiger partial charge in [-0.05, 0) is 6.92 Å². The van der Waals surface area contributed by atoms with Gasteiger partial charge >= 0.3 is 0 Å². The summed E-state index contributed by atoms with van der Waals surface area (Å²) in [7, 11) is 1.91. The summed E-state index contributed by atoms with van der Waals surface area (Å²) in [6.45, 7) is 1.94. The van der Waals surface area contributed by atoms with Gasteiger partial charge in [0.25, 0.3) is 0 Å². The van der Waals surface area contributed by atoms with Crippen molar-refractivity contribution in [1.29, 1.82) is 0 Å². The third-order valence-electron chi connectivity index (χ3n) is 1.93. The standard InChI is InChI=1S/C8H11N5O/c1-6(7-10-5-14-12-7)11-8-9-3-4-13(8)2/h3-6H,1-2H3,(H,9,11). The van der Waals surface area contributed by atoms with Crippen LogP contribution in [-0.4, -0.2) is 19.7 Å². The Labute approximate surface area is 81.0 Å². The van der Waals surface area contributed by atoms with E-state index in [2.05, 4.69) is 25.0 Å². The number of nitrogens with zero attached hydrogens (tertiary/aromatic N) is 4. The number of aromatic nitrogens is 4. The second kappa shape index (κ2) is 3.49. The normalized spacial score (nSPS) is 12.7. The first-order chi connectivity index (χ1) is 6.77. The van der Waals surface area contributed by atoms with E-state index in [4.69, 9.17) is 0 Å². The zero-order chi connectivity index (χ0) is 9.97. The zero-order valence-corrected chi connectivity index (χ0v) is 8.01. The quantitative estimate of drug-likeness (QED) is 0.786. The summed E-state index contributed by atoms with van der Waals surface area (Å²) < 4.78 is 6.54. The molecule has 2 heterocycles. The highest BCUT2D eigenvalue weighted by Crippen LogP contribution is 2.13. The van der Waals surface area contributed by atoms with Gasteiger partial charge in [-0.3, -0.25) is 0 Å². The summed E-state index contributed by atoms with van der Waals surface area (Å²) >= 11 is 0. The van der Waals surface area contributed by atoms with Crippen molar-refractivity contribution < 1.29 is 4.52 Å². The smallest absolute Gasteiger partial charge is 0.213 e. The van der Waals surface area contributed by atoms with Crippen molar-refractivity contribution in [2.24, 2.45) is 7.05 Å². The lowest BCUT2D eigenvalue weighted by molar-refractivity contribution is 0.407. The first-order valence-corrected chi connectivity index (χ1v) is 4.27. The Balaban J connectivity index is 2.09. The van der Waals surface area contributed by atoms with Gasteiger partial charge in [-0.15, -0.1) is 0 Å². The van der Waals surface area contributed by atoms with Crippen LogP contribution in [0.1, 0.15) is 18.8 Å². The van der Waals surface area contributed by atoms with Crippen molar-refractivity contribution in [3.63, 3.8) is 0 Å². The van der Waals surface area contributed by atoms with E-state index in [1.54, 1.807) is 6.20 Å². The van der Waals surface area contributed by atoms with Crippen LogP contribution in [0.25, 0.3) is 0 Å². The number of anilines is 1. The largest absolute Gasteiger partial charge is 0.346 e. The minimum absolute atomic E-state index is 0.0187. The van der Waals surface area contributed by atoms with E-state index in [1.807, 2.05) is 24.7 Å². The monoisotopic (exact) mass is 193 g/mol. The maximum atomic E-state index is 4.66. The fourth-order valence-electron chi connectivity index (χ4n) is 1.13. The molecule has 0 aliphatic carbocycles. The van der Waals surface area contributed by atoms with Gasteiger partial charge in [-0.2, -0.15) is 4.98 Å². The minimum atomic E-state index is -0.0187. The molecule has 0 aliphatic heterocycles. The van der Waals surface area contributed by atoms with Crippen LogP contribution in [0.4, 0.5) is 5.95 Å². The average molecular weight is 193 g/mol. The van der Waals surface area contributed by atoms with E-state index in [1.165, 1.54) is 6.39 Å². The minimum Gasteiger partial charge on any atom is -0.346 e. The van der Waals surface area contributed by atoms with Crippen LogP contribution >= 0.6 is 0 Å². The van der Waals surface area contributed by atoms with E-state index in [0.717, 1.165) is 5.95 Å². The number of aryl methyl sites for hydroxylation is 1. The third-order valence-corrected chi connectivity index (χ3v) is 1.93. The lowest BCUT2D eigenvalue weighted by Gasteiger charge is -2.10.